The summed E-state index contributed by atoms with van der Waals surface area (Å²) in [5.41, 5.74) is 8.73. The maximum absolute atomic E-state index is 13.2. The molecule has 2 heteroatoms. The van der Waals surface area contributed by atoms with Crippen LogP contribution < -0.4 is 5.73 Å². The fraction of sp³-hybridized carbons (Fsp3) is 0.400. The predicted molar refractivity (Wildman–Crippen MR) is 46.3 cm³/mol. The highest BCUT2D eigenvalue weighted by molar-refractivity contribution is 5.39. The predicted octanol–water partition coefficient (Wildman–Crippen LogP) is 1.77. The molecular formula is C10H12FN. The van der Waals surface area contributed by atoms with Crippen molar-refractivity contribution in [2.75, 3.05) is 0 Å². The van der Waals surface area contributed by atoms with E-state index < -0.39 is 0 Å². The van der Waals surface area contributed by atoms with Crippen LogP contribution in [0.25, 0.3) is 0 Å². The summed E-state index contributed by atoms with van der Waals surface area (Å²) in [6, 6.07) is 3.34. The van der Waals surface area contributed by atoms with E-state index in [4.69, 9.17) is 5.73 Å². The zero-order chi connectivity index (χ0) is 8.55. The molecule has 0 spiro atoms. The number of rotatable bonds is 1. The Hall–Kier alpha value is -0.890. The summed E-state index contributed by atoms with van der Waals surface area (Å²) >= 11 is 0. The van der Waals surface area contributed by atoms with Crippen molar-refractivity contribution < 1.29 is 4.39 Å². The van der Waals surface area contributed by atoms with Gasteiger partial charge in [-0.05, 0) is 42.0 Å². The summed E-state index contributed by atoms with van der Waals surface area (Å²) < 4.78 is 13.2. The molecule has 1 nitrogen and oxygen atoms in total. The van der Waals surface area contributed by atoms with Gasteiger partial charge in [0.2, 0.25) is 0 Å². The van der Waals surface area contributed by atoms with Crippen molar-refractivity contribution in [2.24, 2.45) is 5.73 Å². The standard InChI is InChI=1S/C10H12FN/c11-10-5-4-7(6-12)8-2-1-3-9(8)10/h4-5H,1-3,6,12H2. The Morgan fingerprint density at radius 3 is 2.75 bits per heavy atom. The Bertz CT molecular complexity index is 307. The summed E-state index contributed by atoms with van der Waals surface area (Å²) in [6.45, 7) is 0.530. The van der Waals surface area contributed by atoms with Crippen molar-refractivity contribution in [1.82, 2.24) is 0 Å². The van der Waals surface area contributed by atoms with Gasteiger partial charge in [-0.15, -0.1) is 0 Å². The number of halogens is 1. The lowest BCUT2D eigenvalue weighted by Gasteiger charge is -2.06. The van der Waals surface area contributed by atoms with Gasteiger partial charge in [-0.3, -0.25) is 0 Å². The molecule has 0 radical (unpaired) electrons. The van der Waals surface area contributed by atoms with E-state index in [0.29, 0.717) is 6.54 Å². The molecule has 0 aliphatic heterocycles. The first-order valence-corrected chi connectivity index (χ1v) is 4.32. The number of benzene rings is 1. The van der Waals surface area contributed by atoms with Gasteiger partial charge in [0.05, 0.1) is 0 Å². The topological polar surface area (TPSA) is 26.0 Å². The molecule has 0 amide bonds. The van der Waals surface area contributed by atoms with Crippen LogP contribution in [0, 0.1) is 5.82 Å². The van der Waals surface area contributed by atoms with Crippen LogP contribution in [-0.2, 0) is 19.4 Å². The average Bonchev–Trinajstić information content (AvgIpc) is 2.54. The Morgan fingerprint density at radius 1 is 1.25 bits per heavy atom. The maximum atomic E-state index is 13.2. The minimum atomic E-state index is -0.0558. The summed E-state index contributed by atoms with van der Waals surface area (Å²) in [5, 5.41) is 0. The highest BCUT2D eigenvalue weighted by Crippen LogP contribution is 2.27. The van der Waals surface area contributed by atoms with Crippen molar-refractivity contribution in [3.8, 4) is 0 Å². The van der Waals surface area contributed by atoms with Crippen LogP contribution in [0.1, 0.15) is 23.1 Å². The fourth-order valence-electron chi connectivity index (χ4n) is 1.93. The first kappa shape index (κ1) is 7.74. The summed E-state index contributed by atoms with van der Waals surface area (Å²) in [7, 11) is 0. The summed E-state index contributed by atoms with van der Waals surface area (Å²) in [5.74, 6) is -0.0558. The quantitative estimate of drug-likeness (QED) is 0.674. The van der Waals surface area contributed by atoms with Gasteiger partial charge in [0, 0.05) is 6.54 Å². The molecule has 1 aliphatic rings. The molecule has 0 aromatic heterocycles. The van der Waals surface area contributed by atoms with Crippen molar-refractivity contribution in [2.45, 2.75) is 25.8 Å². The molecule has 2 rings (SSSR count). The summed E-state index contributed by atoms with van der Waals surface area (Å²) in [6.07, 6.45) is 2.96. The van der Waals surface area contributed by atoms with Crippen molar-refractivity contribution in [1.29, 1.82) is 0 Å². The minimum Gasteiger partial charge on any atom is -0.326 e. The van der Waals surface area contributed by atoms with Crippen molar-refractivity contribution in [3.05, 3.63) is 34.6 Å². The van der Waals surface area contributed by atoms with Crippen LogP contribution in [0.2, 0.25) is 0 Å². The van der Waals surface area contributed by atoms with Gasteiger partial charge in [-0.25, -0.2) is 4.39 Å². The molecule has 0 heterocycles. The second-order valence-electron chi connectivity index (χ2n) is 3.22. The fourth-order valence-corrected chi connectivity index (χ4v) is 1.93. The summed E-state index contributed by atoms with van der Waals surface area (Å²) in [4.78, 5) is 0. The molecule has 0 unspecified atom stereocenters. The highest BCUT2D eigenvalue weighted by Gasteiger charge is 2.17. The molecule has 64 valence electrons. The number of nitrogens with two attached hydrogens (primary N) is 1. The van der Waals surface area contributed by atoms with E-state index in [1.54, 1.807) is 6.07 Å². The van der Waals surface area contributed by atoms with Crippen LogP contribution in [0.3, 0.4) is 0 Å². The Kier molecular flexibility index (Phi) is 1.85. The lowest BCUT2D eigenvalue weighted by atomic mass is 10.0. The molecule has 0 atom stereocenters. The number of hydrogen-bond acceptors (Lipinski definition) is 1. The molecule has 2 N–H and O–H groups in total. The van der Waals surface area contributed by atoms with Crippen LogP contribution in [0.5, 0.6) is 0 Å². The normalized spacial score (nSPS) is 14.8. The molecule has 0 bridgehead atoms. The second kappa shape index (κ2) is 2.87. The molecule has 1 aliphatic carbocycles. The van der Waals surface area contributed by atoms with Gasteiger partial charge in [-0.2, -0.15) is 0 Å². The molecule has 1 aromatic carbocycles. The van der Waals surface area contributed by atoms with E-state index in [1.165, 1.54) is 6.07 Å². The van der Waals surface area contributed by atoms with Crippen molar-refractivity contribution in [3.63, 3.8) is 0 Å². The molecule has 12 heavy (non-hydrogen) atoms. The Morgan fingerprint density at radius 2 is 2.00 bits per heavy atom. The van der Waals surface area contributed by atoms with Gasteiger partial charge in [0.1, 0.15) is 5.82 Å². The largest absolute Gasteiger partial charge is 0.326 e. The van der Waals surface area contributed by atoms with Gasteiger partial charge in [-0.1, -0.05) is 6.07 Å². The first-order valence-electron chi connectivity index (χ1n) is 4.32. The minimum absolute atomic E-state index is 0.0558. The van der Waals surface area contributed by atoms with E-state index in [2.05, 4.69) is 0 Å². The second-order valence-corrected chi connectivity index (χ2v) is 3.22. The number of fused-ring (bicyclic) bond motifs is 1. The smallest absolute Gasteiger partial charge is 0.126 e. The number of hydrogen-bond donors (Lipinski definition) is 1. The monoisotopic (exact) mass is 165 g/mol. The lowest BCUT2D eigenvalue weighted by Crippen LogP contribution is -2.02. The zero-order valence-electron chi connectivity index (χ0n) is 6.94. The third kappa shape index (κ3) is 1.03. The highest BCUT2D eigenvalue weighted by atomic mass is 19.1. The molecule has 0 fully saturated rings. The molecule has 0 saturated heterocycles. The van der Waals surface area contributed by atoms with Gasteiger partial charge in [0.25, 0.3) is 0 Å². The van der Waals surface area contributed by atoms with E-state index in [0.717, 1.165) is 36.0 Å². The van der Waals surface area contributed by atoms with Crippen LogP contribution >= 0.6 is 0 Å². The SMILES string of the molecule is NCc1ccc(F)c2c1CCC2. The van der Waals surface area contributed by atoms with Crippen LogP contribution in [-0.4, -0.2) is 0 Å². The lowest BCUT2D eigenvalue weighted by molar-refractivity contribution is 0.612. The van der Waals surface area contributed by atoms with Gasteiger partial charge in [0.15, 0.2) is 0 Å². The first-order chi connectivity index (χ1) is 5.83. The van der Waals surface area contributed by atoms with E-state index in [9.17, 15) is 4.39 Å². The van der Waals surface area contributed by atoms with Crippen LogP contribution in [0.15, 0.2) is 12.1 Å². The third-order valence-corrected chi connectivity index (χ3v) is 2.54. The Labute approximate surface area is 71.4 Å². The molecule has 0 saturated carbocycles. The van der Waals surface area contributed by atoms with E-state index in [1.807, 2.05) is 0 Å². The maximum Gasteiger partial charge on any atom is 0.126 e. The third-order valence-electron chi connectivity index (χ3n) is 2.54. The molecular weight excluding hydrogens is 153 g/mol. The van der Waals surface area contributed by atoms with Gasteiger partial charge >= 0.3 is 0 Å². The molecule has 1 aromatic rings. The van der Waals surface area contributed by atoms with Gasteiger partial charge < -0.3 is 5.73 Å². The average molecular weight is 165 g/mol. The van der Waals surface area contributed by atoms with E-state index in [-0.39, 0.29) is 5.82 Å². The zero-order valence-corrected chi connectivity index (χ0v) is 6.94. The van der Waals surface area contributed by atoms with Crippen molar-refractivity contribution >= 4 is 0 Å². The van der Waals surface area contributed by atoms with E-state index >= 15 is 0 Å². The van der Waals surface area contributed by atoms with Crippen LogP contribution in [0.4, 0.5) is 4.39 Å². The Balaban J connectivity index is 2.57.